The molecule has 0 aromatic rings. The molecule has 0 saturated carbocycles. The molecule has 0 amide bonds. The van der Waals surface area contributed by atoms with Crippen molar-refractivity contribution in [3.05, 3.63) is 65.8 Å². The average Bonchev–Trinajstić information content (AvgIpc) is 2.57. The van der Waals surface area contributed by atoms with Gasteiger partial charge in [-0.25, -0.2) is 0 Å². The van der Waals surface area contributed by atoms with Gasteiger partial charge in [-0.15, -0.1) is 75.6 Å². The highest BCUT2D eigenvalue weighted by molar-refractivity contribution is 7.30. The van der Waals surface area contributed by atoms with Crippen LogP contribution in [-0.4, -0.2) is 36.0 Å². The highest BCUT2D eigenvalue weighted by Gasteiger charge is 1.93. The fourth-order valence-electron chi connectivity index (χ4n) is 0.329. The van der Waals surface area contributed by atoms with Gasteiger partial charge in [0.15, 0.2) is 0 Å². The molecule has 0 aromatic carbocycles. The third-order valence-electron chi connectivity index (χ3n) is 0.642. The predicted octanol–water partition coefficient (Wildman–Crippen LogP) is 2.13. The molecule has 0 heterocycles. The minimum absolute atomic E-state index is 0.694. The summed E-state index contributed by atoms with van der Waals surface area (Å²) in [7, 11) is -2.87. The van der Waals surface area contributed by atoms with E-state index >= 15 is 0 Å². The molecular formula is C14H35N3O3P+. The third-order valence-corrected chi connectivity index (χ3v) is 0.642. The Bertz CT molecular complexity index is 134. The molecule has 0 atom stereocenters. The van der Waals surface area contributed by atoms with E-state index in [-0.39, 0.29) is 0 Å². The van der Waals surface area contributed by atoms with E-state index in [1.165, 1.54) is 0 Å². The van der Waals surface area contributed by atoms with E-state index in [2.05, 4.69) is 71.1 Å². The van der Waals surface area contributed by atoms with Crippen molar-refractivity contribution >= 4 is 8.25 Å². The van der Waals surface area contributed by atoms with Gasteiger partial charge in [0, 0.05) is 30.7 Å². The first-order valence-corrected chi connectivity index (χ1v) is 6.77. The van der Waals surface area contributed by atoms with Gasteiger partial charge in [-0.3, -0.25) is 0 Å². The molecule has 0 fully saturated rings. The molecule has 0 aliphatic carbocycles. The van der Waals surface area contributed by atoms with Gasteiger partial charge < -0.3 is 16.8 Å². The van der Waals surface area contributed by atoms with Crippen LogP contribution in [0, 0.1) is 0 Å². The summed E-state index contributed by atoms with van der Waals surface area (Å²) < 4.78 is 8.70. The Hall–Kier alpha value is -1.40. The molecule has 0 aliphatic rings. The first-order chi connectivity index (χ1) is 10.1. The second-order valence-electron chi connectivity index (χ2n) is 1.58. The lowest BCUT2D eigenvalue weighted by atomic mass is 10.6. The zero-order chi connectivity index (χ0) is 19.1. The summed E-state index contributed by atoms with van der Waals surface area (Å²) in [5, 5.41) is 3.03. The summed E-state index contributed by atoms with van der Waals surface area (Å²) in [6.45, 7) is 33.1. The SMILES string of the molecule is C=C.C=C.C=C.C=C.C=C.NCCNCCN.O=[P+](O)O. The van der Waals surface area contributed by atoms with Crippen LogP contribution >= 0.6 is 8.25 Å². The van der Waals surface area contributed by atoms with Gasteiger partial charge in [-0.05, 0) is 0 Å². The Morgan fingerprint density at radius 3 is 0.952 bits per heavy atom. The standard InChI is InChI=1S/C4H13N3.5C2H4.HO3P/c5-1-3-7-4-2-6;5*1-2;1-4(2)3/h7H,1-6H2;5*1-2H2;(H-,1,2,3)/p+1. The monoisotopic (exact) mass is 324 g/mol. The minimum atomic E-state index is -2.87. The fourth-order valence-corrected chi connectivity index (χ4v) is 0.329. The molecule has 21 heavy (non-hydrogen) atoms. The Kier molecular flexibility index (Phi) is 269. The molecule has 0 spiro atoms. The number of nitrogens with one attached hydrogen (secondary N) is 1. The van der Waals surface area contributed by atoms with E-state index in [1.54, 1.807) is 0 Å². The van der Waals surface area contributed by atoms with Gasteiger partial charge in [0.1, 0.15) is 0 Å². The second kappa shape index (κ2) is 132. The average molecular weight is 324 g/mol. The summed E-state index contributed by atoms with van der Waals surface area (Å²) in [4.78, 5) is 14.2. The molecule has 0 radical (unpaired) electrons. The topological polar surface area (TPSA) is 122 Å². The lowest BCUT2D eigenvalue weighted by molar-refractivity contribution is 0.405. The van der Waals surface area contributed by atoms with Crippen LogP contribution in [0.15, 0.2) is 65.8 Å². The molecule has 0 bridgehead atoms. The highest BCUT2D eigenvalue weighted by atomic mass is 31.1. The molecule has 0 unspecified atom stereocenters. The van der Waals surface area contributed by atoms with Crippen LogP contribution in [0.4, 0.5) is 0 Å². The highest BCUT2D eigenvalue weighted by Crippen LogP contribution is 1.98. The maximum atomic E-state index is 8.70. The van der Waals surface area contributed by atoms with Crippen molar-refractivity contribution in [2.75, 3.05) is 26.2 Å². The van der Waals surface area contributed by atoms with E-state index in [9.17, 15) is 0 Å². The van der Waals surface area contributed by atoms with Crippen molar-refractivity contribution in [3.63, 3.8) is 0 Å². The molecular weight excluding hydrogens is 289 g/mol. The molecule has 0 rings (SSSR count). The number of hydrogen-bond acceptors (Lipinski definition) is 4. The van der Waals surface area contributed by atoms with Crippen molar-refractivity contribution < 1.29 is 14.4 Å². The van der Waals surface area contributed by atoms with Crippen molar-refractivity contribution in [1.29, 1.82) is 0 Å². The van der Waals surface area contributed by atoms with Crippen LogP contribution in [0.3, 0.4) is 0 Å². The first kappa shape index (κ1) is 42.7. The van der Waals surface area contributed by atoms with Gasteiger partial charge in [0.05, 0.1) is 0 Å². The van der Waals surface area contributed by atoms with Gasteiger partial charge in [0.25, 0.3) is 0 Å². The van der Waals surface area contributed by atoms with Crippen LogP contribution in [-0.2, 0) is 4.57 Å². The summed E-state index contributed by atoms with van der Waals surface area (Å²) in [5.41, 5.74) is 10.3. The van der Waals surface area contributed by atoms with Crippen LogP contribution < -0.4 is 16.8 Å². The van der Waals surface area contributed by atoms with Gasteiger partial charge >= 0.3 is 8.25 Å². The fraction of sp³-hybridized carbons (Fsp3) is 0.286. The van der Waals surface area contributed by atoms with Crippen molar-refractivity contribution in [3.8, 4) is 0 Å². The molecule has 0 saturated heterocycles. The smallest absolute Gasteiger partial charge is 0.329 e. The van der Waals surface area contributed by atoms with Gasteiger partial charge in [0.2, 0.25) is 0 Å². The van der Waals surface area contributed by atoms with E-state index < -0.39 is 8.25 Å². The zero-order valence-corrected chi connectivity index (χ0v) is 14.2. The molecule has 6 nitrogen and oxygen atoms in total. The van der Waals surface area contributed by atoms with Crippen LogP contribution in [0.25, 0.3) is 0 Å². The van der Waals surface area contributed by atoms with Gasteiger partial charge in [-0.2, -0.15) is 0 Å². The largest absolute Gasteiger partial charge is 0.692 e. The van der Waals surface area contributed by atoms with Crippen molar-refractivity contribution in [1.82, 2.24) is 5.32 Å². The maximum absolute atomic E-state index is 8.70. The molecule has 128 valence electrons. The van der Waals surface area contributed by atoms with Crippen LogP contribution in [0.1, 0.15) is 0 Å². The van der Waals surface area contributed by atoms with Gasteiger partial charge in [-0.1, -0.05) is 0 Å². The molecule has 0 aromatic heterocycles. The molecule has 7 heteroatoms. The normalized spacial score (nSPS) is 5.33. The lowest BCUT2D eigenvalue weighted by Gasteiger charge is -1.95. The van der Waals surface area contributed by atoms with E-state index in [4.69, 9.17) is 25.8 Å². The quantitative estimate of drug-likeness (QED) is 0.307. The summed E-state index contributed by atoms with van der Waals surface area (Å²) in [6, 6.07) is 0. The molecule has 7 N–H and O–H groups in total. The summed E-state index contributed by atoms with van der Waals surface area (Å²) in [6.07, 6.45) is 0. The maximum Gasteiger partial charge on any atom is 0.692 e. The second-order valence-corrected chi connectivity index (χ2v) is 2.09. The van der Waals surface area contributed by atoms with Crippen LogP contribution in [0.2, 0.25) is 0 Å². The number of nitrogens with two attached hydrogens (primary N) is 2. The van der Waals surface area contributed by atoms with E-state index in [1.807, 2.05) is 0 Å². The Balaban J connectivity index is -0.0000000243. The Labute approximate surface area is 132 Å². The van der Waals surface area contributed by atoms with E-state index in [0.29, 0.717) is 13.1 Å². The summed E-state index contributed by atoms with van der Waals surface area (Å²) >= 11 is 0. The summed E-state index contributed by atoms with van der Waals surface area (Å²) in [5.74, 6) is 0. The zero-order valence-electron chi connectivity index (χ0n) is 13.3. The molecule has 0 aliphatic heterocycles. The Morgan fingerprint density at radius 2 is 0.857 bits per heavy atom. The van der Waals surface area contributed by atoms with Crippen LogP contribution in [0.5, 0.6) is 0 Å². The van der Waals surface area contributed by atoms with Crippen molar-refractivity contribution in [2.24, 2.45) is 11.5 Å². The number of rotatable bonds is 4. The third kappa shape index (κ3) is 758. The predicted molar refractivity (Wildman–Crippen MR) is 99.3 cm³/mol. The van der Waals surface area contributed by atoms with Crippen molar-refractivity contribution in [2.45, 2.75) is 0 Å². The lowest BCUT2D eigenvalue weighted by Crippen LogP contribution is -2.27. The number of hydrogen-bond donors (Lipinski definition) is 5. The Morgan fingerprint density at radius 1 is 0.714 bits per heavy atom. The minimum Gasteiger partial charge on any atom is -0.329 e. The first-order valence-electron chi connectivity index (χ1n) is 5.61. The van der Waals surface area contributed by atoms with E-state index in [0.717, 1.165) is 13.1 Å².